The van der Waals surface area contributed by atoms with E-state index in [1.807, 2.05) is 44.2 Å². The lowest BCUT2D eigenvalue weighted by atomic mass is 10.0. The number of nitrogens with one attached hydrogen (secondary N) is 2. The highest BCUT2D eigenvalue weighted by Crippen LogP contribution is 2.22. The Morgan fingerprint density at radius 1 is 0.857 bits per heavy atom. The number of likely N-dealkylation sites (tertiary alicyclic amines) is 1. The van der Waals surface area contributed by atoms with Crippen molar-refractivity contribution in [2.24, 2.45) is 0 Å². The van der Waals surface area contributed by atoms with Crippen molar-refractivity contribution in [1.29, 1.82) is 0 Å². The summed E-state index contributed by atoms with van der Waals surface area (Å²) in [6.45, 7) is 7.14. The Hall–Kier alpha value is -3.16. The molecule has 0 aromatic heterocycles. The second-order valence-corrected chi connectivity index (χ2v) is 10.9. The van der Waals surface area contributed by atoms with Crippen LogP contribution in [-0.2, 0) is 23.1 Å². The lowest BCUT2D eigenvalue weighted by molar-refractivity contribution is 0.0950. The van der Waals surface area contributed by atoms with Crippen LogP contribution in [0, 0.1) is 13.8 Å². The number of amides is 1. The largest absolute Gasteiger partial charge is 0.348 e. The molecule has 1 aliphatic heterocycles. The molecular formula is C28H33N3O3S. The van der Waals surface area contributed by atoms with Gasteiger partial charge in [-0.1, -0.05) is 55.0 Å². The van der Waals surface area contributed by atoms with Gasteiger partial charge in [0.05, 0.1) is 10.6 Å². The van der Waals surface area contributed by atoms with Gasteiger partial charge in [0.15, 0.2) is 0 Å². The molecule has 0 bridgehead atoms. The molecule has 35 heavy (non-hydrogen) atoms. The minimum absolute atomic E-state index is 0.0574. The second kappa shape index (κ2) is 11.1. The van der Waals surface area contributed by atoms with E-state index in [0.717, 1.165) is 36.3 Å². The van der Waals surface area contributed by atoms with Crippen molar-refractivity contribution in [2.75, 3.05) is 17.8 Å². The predicted octanol–water partition coefficient (Wildman–Crippen LogP) is 5.02. The number of rotatable bonds is 8. The summed E-state index contributed by atoms with van der Waals surface area (Å²) in [5.74, 6) is -0.289. The quantitative estimate of drug-likeness (QED) is 0.464. The van der Waals surface area contributed by atoms with Crippen molar-refractivity contribution in [1.82, 2.24) is 10.2 Å². The fourth-order valence-corrected chi connectivity index (χ4v) is 5.57. The van der Waals surface area contributed by atoms with Crippen LogP contribution in [0.25, 0.3) is 0 Å². The SMILES string of the molecule is Cc1ccccc1NS(=O)(=O)c1ccc(C)c(C(=O)NCc2ccccc2CN2CCCCC2)c1. The van der Waals surface area contributed by atoms with Crippen molar-refractivity contribution < 1.29 is 13.2 Å². The van der Waals surface area contributed by atoms with Gasteiger partial charge in [-0.15, -0.1) is 0 Å². The van der Waals surface area contributed by atoms with E-state index < -0.39 is 10.0 Å². The Labute approximate surface area is 208 Å². The lowest BCUT2D eigenvalue weighted by Crippen LogP contribution is -2.30. The third-order valence-electron chi connectivity index (χ3n) is 6.55. The Bertz CT molecular complexity index is 1300. The number of hydrogen-bond acceptors (Lipinski definition) is 4. The normalized spacial score (nSPS) is 14.5. The van der Waals surface area contributed by atoms with Crippen LogP contribution in [-0.4, -0.2) is 32.3 Å². The molecule has 0 spiro atoms. The Morgan fingerprint density at radius 2 is 1.54 bits per heavy atom. The number of benzene rings is 3. The van der Waals surface area contributed by atoms with Crippen molar-refractivity contribution in [3.8, 4) is 0 Å². The summed E-state index contributed by atoms with van der Waals surface area (Å²) in [5, 5.41) is 3.00. The standard InChI is InChI=1S/C28H33N3O3S/c1-21-14-15-25(35(33,34)30-27-13-7-4-10-22(27)2)18-26(21)28(32)29-19-23-11-5-6-12-24(23)20-31-16-8-3-9-17-31/h4-7,10-15,18,30H,3,8-9,16-17,19-20H2,1-2H3,(H,29,32). The van der Waals surface area contributed by atoms with Crippen molar-refractivity contribution in [3.63, 3.8) is 0 Å². The third-order valence-corrected chi connectivity index (χ3v) is 7.92. The Balaban J connectivity index is 1.48. The zero-order valence-electron chi connectivity index (χ0n) is 20.4. The van der Waals surface area contributed by atoms with E-state index in [1.54, 1.807) is 18.2 Å². The van der Waals surface area contributed by atoms with Gasteiger partial charge in [0.25, 0.3) is 15.9 Å². The van der Waals surface area contributed by atoms with E-state index in [9.17, 15) is 13.2 Å². The van der Waals surface area contributed by atoms with E-state index >= 15 is 0 Å². The van der Waals surface area contributed by atoms with Gasteiger partial charge >= 0.3 is 0 Å². The van der Waals surface area contributed by atoms with Crippen LogP contribution in [0.5, 0.6) is 0 Å². The van der Waals surface area contributed by atoms with Crippen molar-refractivity contribution in [2.45, 2.75) is 51.1 Å². The number of anilines is 1. The van der Waals surface area contributed by atoms with Crippen molar-refractivity contribution in [3.05, 3.63) is 94.5 Å². The van der Waals surface area contributed by atoms with Crippen LogP contribution in [0.1, 0.15) is 51.9 Å². The summed E-state index contributed by atoms with van der Waals surface area (Å²) in [6.07, 6.45) is 3.76. The monoisotopic (exact) mass is 491 g/mol. The molecule has 1 amide bonds. The highest BCUT2D eigenvalue weighted by molar-refractivity contribution is 7.92. The summed E-state index contributed by atoms with van der Waals surface area (Å²) in [5.41, 5.74) is 4.71. The summed E-state index contributed by atoms with van der Waals surface area (Å²) in [7, 11) is -3.83. The first-order chi connectivity index (χ1) is 16.8. The minimum Gasteiger partial charge on any atom is -0.348 e. The Morgan fingerprint density at radius 3 is 2.29 bits per heavy atom. The predicted molar refractivity (Wildman–Crippen MR) is 140 cm³/mol. The number of aryl methyl sites for hydroxylation is 2. The van der Waals surface area contributed by atoms with Gasteiger partial charge in [0.2, 0.25) is 0 Å². The minimum atomic E-state index is -3.83. The van der Waals surface area contributed by atoms with Gasteiger partial charge in [0, 0.05) is 18.7 Å². The molecule has 0 saturated carbocycles. The van der Waals surface area contributed by atoms with E-state index in [4.69, 9.17) is 0 Å². The molecule has 0 atom stereocenters. The van der Waals surface area contributed by atoms with Gasteiger partial charge in [-0.05, 0) is 80.2 Å². The summed E-state index contributed by atoms with van der Waals surface area (Å²) < 4.78 is 28.6. The maximum absolute atomic E-state index is 13.1. The van der Waals surface area contributed by atoms with Gasteiger partial charge in [-0.25, -0.2) is 8.42 Å². The van der Waals surface area contributed by atoms with Crippen LogP contribution in [0.2, 0.25) is 0 Å². The number of carbonyl (C=O) groups excluding carboxylic acids is 1. The van der Waals surface area contributed by atoms with Crippen LogP contribution in [0.4, 0.5) is 5.69 Å². The molecule has 1 aliphatic rings. The molecule has 1 fully saturated rings. The molecule has 1 heterocycles. The smallest absolute Gasteiger partial charge is 0.261 e. The van der Waals surface area contributed by atoms with Gasteiger partial charge in [0.1, 0.15) is 0 Å². The number of piperidine rings is 1. The maximum atomic E-state index is 13.1. The molecule has 1 saturated heterocycles. The van der Waals surface area contributed by atoms with Crippen LogP contribution >= 0.6 is 0 Å². The first-order valence-corrected chi connectivity index (χ1v) is 13.6. The van der Waals surface area contributed by atoms with E-state index in [1.165, 1.54) is 37.0 Å². The van der Waals surface area contributed by atoms with Gasteiger partial charge in [-0.2, -0.15) is 0 Å². The fraction of sp³-hybridized carbons (Fsp3) is 0.321. The number of carbonyl (C=O) groups is 1. The van der Waals surface area contributed by atoms with E-state index in [2.05, 4.69) is 21.0 Å². The molecule has 184 valence electrons. The van der Waals surface area contributed by atoms with Crippen LogP contribution in [0.15, 0.2) is 71.6 Å². The maximum Gasteiger partial charge on any atom is 0.261 e. The second-order valence-electron chi connectivity index (χ2n) is 9.19. The zero-order chi connectivity index (χ0) is 24.8. The molecule has 7 heteroatoms. The molecule has 0 unspecified atom stereocenters. The topological polar surface area (TPSA) is 78.5 Å². The van der Waals surface area contributed by atoms with Gasteiger partial charge < -0.3 is 5.32 Å². The Kier molecular flexibility index (Phi) is 7.88. The fourth-order valence-electron chi connectivity index (χ4n) is 4.42. The lowest BCUT2D eigenvalue weighted by Gasteiger charge is -2.27. The summed E-state index contributed by atoms with van der Waals surface area (Å²) in [6, 6.07) is 20.0. The summed E-state index contributed by atoms with van der Waals surface area (Å²) >= 11 is 0. The molecule has 0 radical (unpaired) electrons. The average Bonchev–Trinajstić information content (AvgIpc) is 2.85. The molecule has 0 aliphatic carbocycles. The van der Waals surface area contributed by atoms with Crippen LogP contribution < -0.4 is 10.0 Å². The van der Waals surface area contributed by atoms with Gasteiger partial charge in [-0.3, -0.25) is 14.4 Å². The molecule has 3 aromatic rings. The first kappa shape index (κ1) is 24.9. The molecular weight excluding hydrogens is 458 g/mol. The highest BCUT2D eigenvalue weighted by atomic mass is 32.2. The van der Waals surface area contributed by atoms with E-state index in [-0.39, 0.29) is 10.8 Å². The molecule has 6 nitrogen and oxygen atoms in total. The van der Waals surface area contributed by atoms with Crippen LogP contribution in [0.3, 0.4) is 0 Å². The third kappa shape index (κ3) is 6.29. The average molecular weight is 492 g/mol. The number of hydrogen-bond donors (Lipinski definition) is 2. The van der Waals surface area contributed by atoms with Crippen molar-refractivity contribution >= 4 is 21.6 Å². The number of sulfonamides is 1. The molecule has 3 aromatic carbocycles. The highest BCUT2D eigenvalue weighted by Gasteiger charge is 2.19. The zero-order valence-corrected chi connectivity index (χ0v) is 21.2. The number of nitrogens with zero attached hydrogens (tertiary/aromatic N) is 1. The molecule has 2 N–H and O–H groups in total. The number of para-hydroxylation sites is 1. The molecule has 4 rings (SSSR count). The van der Waals surface area contributed by atoms with E-state index in [0.29, 0.717) is 17.8 Å². The summed E-state index contributed by atoms with van der Waals surface area (Å²) in [4.78, 5) is 15.6. The first-order valence-electron chi connectivity index (χ1n) is 12.1.